The van der Waals surface area contributed by atoms with E-state index in [0.717, 1.165) is 31.9 Å². The first-order chi connectivity index (χ1) is 7.44. The fourth-order valence-electron chi connectivity index (χ4n) is 2.13. The summed E-state index contributed by atoms with van der Waals surface area (Å²) < 4.78 is 22.2. The van der Waals surface area contributed by atoms with E-state index in [0.29, 0.717) is 11.9 Å². The van der Waals surface area contributed by atoms with Crippen LogP contribution in [0.5, 0.6) is 0 Å². The van der Waals surface area contributed by atoms with Crippen molar-refractivity contribution >= 4 is 31.7 Å². The van der Waals surface area contributed by atoms with Crippen molar-refractivity contribution in [2.75, 3.05) is 23.9 Å². The Morgan fingerprint density at radius 1 is 1.38 bits per heavy atom. The molecule has 1 fully saturated rings. The number of halogens is 1. The summed E-state index contributed by atoms with van der Waals surface area (Å²) in [6.07, 6.45) is 5.38. The van der Waals surface area contributed by atoms with Crippen LogP contribution in [0, 0.1) is 0 Å². The second-order valence-electron chi connectivity index (χ2n) is 4.28. The van der Waals surface area contributed by atoms with Gasteiger partial charge in [0.15, 0.2) is 9.84 Å². The molecule has 0 aromatic rings. The molecule has 0 radical (unpaired) electrons. The van der Waals surface area contributed by atoms with Crippen molar-refractivity contribution in [1.29, 1.82) is 0 Å². The zero-order valence-corrected chi connectivity index (χ0v) is 11.9. The molecule has 4 nitrogen and oxygen atoms in total. The average molecular weight is 312 g/mol. The third-order valence-electron chi connectivity index (χ3n) is 2.80. The average Bonchev–Trinajstić information content (AvgIpc) is 2.63. The number of sulfone groups is 1. The molecule has 0 atom stereocenters. The predicted octanol–water partition coefficient (Wildman–Crippen LogP) is 1.20. The van der Waals surface area contributed by atoms with Gasteiger partial charge in [-0.2, -0.15) is 0 Å². The summed E-state index contributed by atoms with van der Waals surface area (Å²) in [6.45, 7) is 0.596. The molecule has 6 heteroatoms. The Balaban J connectivity index is 2.65. The van der Waals surface area contributed by atoms with Crippen molar-refractivity contribution in [3.8, 4) is 0 Å². The molecule has 0 unspecified atom stereocenters. The van der Waals surface area contributed by atoms with Crippen LogP contribution in [0.15, 0.2) is 0 Å². The molecule has 0 aromatic carbocycles. The number of nitrogens with zero attached hydrogens (tertiary/aromatic N) is 1. The number of carbonyl (C=O) groups excluding carboxylic acids is 1. The second-order valence-corrected chi connectivity index (χ2v) is 7.22. The van der Waals surface area contributed by atoms with Crippen LogP contribution in [-0.4, -0.2) is 49.2 Å². The highest BCUT2D eigenvalue weighted by Crippen LogP contribution is 2.23. The maximum absolute atomic E-state index is 11.9. The molecule has 1 amide bonds. The number of carbonyl (C=O) groups is 1. The van der Waals surface area contributed by atoms with Gasteiger partial charge in [-0.25, -0.2) is 8.42 Å². The van der Waals surface area contributed by atoms with Crippen LogP contribution in [0.2, 0.25) is 0 Å². The highest BCUT2D eigenvalue weighted by molar-refractivity contribution is 9.09. The minimum Gasteiger partial charge on any atom is -0.338 e. The van der Waals surface area contributed by atoms with Crippen molar-refractivity contribution < 1.29 is 13.2 Å². The van der Waals surface area contributed by atoms with Gasteiger partial charge < -0.3 is 4.90 Å². The molecule has 0 bridgehead atoms. The zero-order chi connectivity index (χ0) is 12.2. The van der Waals surface area contributed by atoms with Crippen LogP contribution in [0.25, 0.3) is 0 Å². The van der Waals surface area contributed by atoms with Crippen molar-refractivity contribution in [3.05, 3.63) is 0 Å². The highest BCUT2D eigenvalue weighted by Gasteiger charge is 2.27. The summed E-state index contributed by atoms with van der Waals surface area (Å²) in [5, 5.41) is 0.693. The number of amides is 1. The first kappa shape index (κ1) is 14.0. The van der Waals surface area contributed by atoms with E-state index in [1.54, 1.807) is 4.90 Å². The lowest BCUT2D eigenvalue weighted by molar-refractivity contribution is -0.130. The molecule has 0 N–H and O–H groups in total. The van der Waals surface area contributed by atoms with E-state index < -0.39 is 9.84 Å². The Morgan fingerprint density at radius 3 is 2.38 bits per heavy atom. The van der Waals surface area contributed by atoms with Gasteiger partial charge in [-0.15, -0.1) is 0 Å². The van der Waals surface area contributed by atoms with Crippen molar-refractivity contribution in [1.82, 2.24) is 4.90 Å². The van der Waals surface area contributed by atoms with Crippen molar-refractivity contribution in [3.63, 3.8) is 0 Å². The van der Waals surface area contributed by atoms with Gasteiger partial charge in [-0.1, -0.05) is 28.8 Å². The van der Waals surface area contributed by atoms with Crippen LogP contribution >= 0.6 is 15.9 Å². The highest BCUT2D eigenvalue weighted by atomic mass is 79.9. The molecule has 0 aliphatic heterocycles. The van der Waals surface area contributed by atoms with E-state index in [1.807, 2.05) is 0 Å². The van der Waals surface area contributed by atoms with Gasteiger partial charge in [-0.05, 0) is 12.8 Å². The van der Waals surface area contributed by atoms with Crippen LogP contribution in [0.1, 0.15) is 25.7 Å². The molecular formula is C10H18BrNO3S. The Morgan fingerprint density at radius 2 is 1.94 bits per heavy atom. The van der Waals surface area contributed by atoms with Gasteiger partial charge in [0.2, 0.25) is 5.91 Å². The Kier molecular flexibility index (Phi) is 5.24. The van der Waals surface area contributed by atoms with Crippen molar-refractivity contribution in [2.24, 2.45) is 0 Å². The van der Waals surface area contributed by atoms with E-state index in [4.69, 9.17) is 0 Å². The summed E-state index contributed by atoms with van der Waals surface area (Å²) in [4.78, 5) is 13.6. The van der Waals surface area contributed by atoms with E-state index in [-0.39, 0.29) is 17.7 Å². The number of rotatable bonds is 5. The fourth-order valence-corrected chi connectivity index (χ4v) is 3.12. The Labute approximate surface area is 105 Å². The third kappa shape index (κ3) is 4.41. The summed E-state index contributed by atoms with van der Waals surface area (Å²) in [5.74, 6) is -0.620. The quantitative estimate of drug-likeness (QED) is 0.717. The third-order valence-corrected chi connectivity index (χ3v) is 3.92. The standard InChI is InChI=1S/C10H18BrNO3S/c1-16(14,15)8-10(13)12(7-6-11)9-4-2-3-5-9/h9H,2-8H2,1H3. The topological polar surface area (TPSA) is 54.5 Å². The largest absolute Gasteiger partial charge is 0.338 e. The van der Waals surface area contributed by atoms with E-state index in [1.165, 1.54) is 0 Å². The van der Waals surface area contributed by atoms with E-state index in [2.05, 4.69) is 15.9 Å². The molecular weight excluding hydrogens is 294 g/mol. The number of hydrogen-bond donors (Lipinski definition) is 0. The predicted molar refractivity (Wildman–Crippen MR) is 67.5 cm³/mol. The molecule has 1 saturated carbocycles. The lowest BCUT2D eigenvalue weighted by Crippen LogP contribution is -2.43. The summed E-state index contributed by atoms with van der Waals surface area (Å²) in [7, 11) is -3.22. The maximum Gasteiger partial charge on any atom is 0.238 e. The maximum atomic E-state index is 11.9. The molecule has 0 heterocycles. The minimum absolute atomic E-state index is 0.242. The smallest absolute Gasteiger partial charge is 0.238 e. The molecule has 0 aromatic heterocycles. The van der Waals surface area contributed by atoms with Crippen LogP contribution in [-0.2, 0) is 14.6 Å². The molecule has 1 aliphatic rings. The van der Waals surface area contributed by atoms with Gasteiger partial charge in [0.25, 0.3) is 0 Å². The zero-order valence-electron chi connectivity index (χ0n) is 9.49. The number of hydrogen-bond acceptors (Lipinski definition) is 3. The molecule has 16 heavy (non-hydrogen) atoms. The lowest BCUT2D eigenvalue weighted by Gasteiger charge is -2.28. The molecule has 1 aliphatic carbocycles. The van der Waals surface area contributed by atoms with Crippen LogP contribution in [0.4, 0.5) is 0 Å². The molecule has 1 rings (SSSR count). The van der Waals surface area contributed by atoms with Gasteiger partial charge >= 0.3 is 0 Å². The van der Waals surface area contributed by atoms with Gasteiger partial charge in [0.05, 0.1) is 0 Å². The molecule has 0 saturated heterocycles. The Hall–Kier alpha value is -0.100. The first-order valence-electron chi connectivity index (χ1n) is 5.47. The summed E-state index contributed by atoms with van der Waals surface area (Å²) in [6, 6.07) is 0.242. The minimum atomic E-state index is -3.22. The van der Waals surface area contributed by atoms with E-state index >= 15 is 0 Å². The van der Waals surface area contributed by atoms with Crippen LogP contribution < -0.4 is 0 Å². The van der Waals surface area contributed by atoms with Gasteiger partial charge in [0.1, 0.15) is 5.75 Å². The van der Waals surface area contributed by atoms with Crippen LogP contribution in [0.3, 0.4) is 0 Å². The van der Waals surface area contributed by atoms with E-state index in [9.17, 15) is 13.2 Å². The lowest BCUT2D eigenvalue weighted by atomic mass is 10.2. The second kappa shape index (κ2) is 6.00. The molecule has 0 spiro atoms. The first-order valence-corrected chi connectivity index (χ1v) is 8.65. The van der Waals surface area contributed by atoms with Crippen molar-refractivity contribution in [2.45, 2.75) is 31.7 Å². The van der Waals surface area contributed by atoms with Gasteiger partial charge in [0, 0.05) is 24.2 Å². The summed E-state index contributed by atoms with van der Waals surface area (Å²) in [5.41, 5.74) is 0. The fraction of sp³-hybridized carbons (Fsp3) is 0.900. The monoisotopic (exact) mass is 311 g/mol. The Bertz CT molecular complexity index is 336. The normalized spacial score (nSPS) is 17.6. The summed E-state index contributed by atoms with van der Waals surface area (Å²) >= 11 is 3.30. The SMILES string of the molecule is CS(=O)(=O)CC(=O)N(CCBr)C1CCCC1. The molecule has 94 valence electrons. The number of alkyl halides is 1. The van der Waals surface area contributed by atoms with Gasteiger partial charge in [-0.3, -0.25) is 4.79 Å².